The van der Waals surface area contributed by atoms with E-state index in [2.05, 4.69) is 6.07 Å². The normalized spacial score (nSPS) is 21.2. The van der Waals surface area contributed by atoms with Crippen LogP contribution in [0, 0.1) is 0 Å². The van der Waals surface area contributed by atoms with Gasteiger partial charge in [0, 0.05) is 12.0 Å². The van der Waals surface area contributed by atoms with E-state index in [1.807, 2.05) is 19.1 Å². The molecule has 0 atom stereocenters. The van der Waals surface area contributed by atoms with Gasteiger partial charge in [-0.3, -0.25) is 4.79 Å². The van der Waals surface area contributed by atoms with Crippen LogP contribution >= 0.6 is 0 Å². The van der Waals surface area contributed by atoms with Gasteiger partial charge in [-0.15, -0.1) is 0 Å². The van der Waals surface area contributed by atoms with E-state index < -0.39 is 0 Å². The number of ketones is 1. The van der Waals surface area contributed by atoms with Crippen LogP contribution in [0.1, 0.15) is 67.8 Å². The highest BCUT2D eigenvalue weighted by molar-refractivity contribution is 5.99. The van der Waals surface area contributed by atoms with Crippen LogP contribution < -0.4 is 4.74 Å². The Bertz CT molecular complexity index is 484. The van der Waals surface area contributed by atoms with Gasteiger partial charge in [-0.2, -0.15) is 0 Å². The summed E-state index contributed by atoms with van der Waals surface area (Å²) in [5, 5.41) is 0. The molecule has 0 aliphatic heterocycles. The summed E-state index contributed by atoms with van der Waals surface area (Å²) in [5.41, 5.74) is 2.49. The molecule has 0 heterocycles. The first-order valence-corrected chi connectivity index (χ1v) is 7.56. The highest BCUT2D eigenvalue weighted by Crippen LogP contribution is 2.48. The van der Waals surface area contributed by atoms with Gasteiger partial charge in [0.15, 0.2) is 5.78 Å². The van der Waals surface area contributed by atoms with Gasteiger partial charge in [0.25, 0.3) is 0 Å². The molecule has 0 aromatic heterocycles. The Morgan fingerprint density at radius 1 is 1.16 bits per heavy atom. The number of fused-ring (bicyclic) bond motifs is 2. The summed E-state index contributed by atoms with van der Waals surface area (Å²) in [5.74, 6) is 1.23. The van der Waals surface area contributed by atoms with Gasteiger partial charge in [-0.05, 0) is 55.4 Å². The summed E-state index contributed by atoms with van der Waals surface area (Å²) >= 11 is 0. The minimum absolute atomic E-state index is 0.259. The molecule has 19 heavy (non-hydrogen) atoms. The summed E-state index contributed by atoms with van der Waals surface area (Å²) in [6.07, 6.45) is 8.18. The number of carbonyl (C=O) groups excluding carboxylic acids is 1. The quantitative estimate of drug-likeness (QED) is 0.792. The lowest BCUT2D eigenvalue weighted by molar-refractivity contribution is 0.0938. The van der Waals surface area contributed by atoms with Crippen molar-refractivity contribution in [3.8, 4) is 5.75 Å². The lowest BCUT2D eigenvalue weighted by Gasteiger charge is -2.41. The molecule has 2 heteroatoms. The van der Waals surface area contributed by atoms with Crippen molar-refractivity contribution in [2.24, 2.45) is 0 Å². The Hall–Kier alpha value is -1.31. The first-order chi connectivity index (χ1) is 9.25. The molecule has 0 amide bonds. The Morgan fingerprint density at radius 2 is 1.95 bits per heavy atom. The van der Waals surface area contributed by atoms with E-state index in [9.17, 15) is 4.79 Å². The second-order valence-electron chi connectivity index (χ2n) is 5.90. The average molecular weight is 258 g/mol. The molecular weight excluding hydrogens is 236 g/mol. The molecule has 1 aromatic rings. The zero-order valence-corrected chi connectivity index (χ0v) is 11.7. The fraction of sp³-hybridized carbons (Fsp3) is 0.588. The van der Waals surface area contributed by atoms with Crippen molar-refractivity contribution in [2.75, 3.05) is 6.61 Å². The Morgan fingerprint density at radius 3 is 2.68 bits per heavy atom. The molecule has 0 unspecified atom stereocenters. The van der Waals surface area contributed by atoms with E-state index >= 15 is 0 Å². The molecule has 2 aliphatic carbocycles. The van der Waals surface area contributed by atoms with Crippen molar-refractivity contribution < 1.29 is 9.53 Å². The molecule has 1 fully saturated rings. The van der Waals surface area contributed by atoms with Gasteiger partial charge < -0.3 is 4.74 Å². The van der Waals surface area contributed by atoms with Crippen LogP contribution in [0.15, 0.2) is 18.2 Å². The van der Waals surface area contributed by atoms with Gasteiger partial charge in [0.2, 0.25) is 0 Å². The van der Waals surface area contributed by atoms with Crippen LogP contribution in [0.25, 0.3) is 0 Å². The Kier molecular flexibility index (Phi) is 3.34. The van der Waals surface area contributed by atoms with Crippen LogP contribution in [0.2, 0.25) is 0 Å². The molecule has 0 N–H and O–H groups in total. The van der Waals surface area contributed by atoms with Crippen LogP contribution in [-0.2, 0) is 5.41 Å². The van der Waals surface area contributed by atoms with Crippen molar-refractivity contribution >= 4 is 5.78 Å². The third-order valence-corrected chi connectivity index (χ3v) is 4.82. The van der Waals surface area contributed by atoms with Crippen LogP contribution in [0.3, 0.4) is 0 Å². The zero-order valence-electron chi connectivity index (χ0n) is 11.7. The Labute approximate surface area is 115 Å². The molecule has 102 valence electrons. The zero-order chi connectivity index (χ0) is 13.3. The fourth-order valence-electron chi connectivity index (χ4n) is 3.83. The molecule has 3 rings (SSSR count). The number of Topliss-reactive ketones (excluding diaryl/α,β-unsaturated/α-hetero) is 1. The monoisotopic (exact) mass is 258 g/mol. The van der Waals surface area contributed by atoms with Crippen LogP contribution in [-0.4, -0.2) is 12.4 Å². The first-order valence-electron chi connectivity index (χ1n) is 7.56. The summed E-state index contributed by atoms with van der Waals surface area (Å²) in [4.78, 5) is 12.1. The highest BCUT2D eigenvalue weighted by atomic mass is 16.5. The standard InChI is InChI=1S/C17H22O2/c1-2-19-13-6-7-14-15(12-13)17(11-8-16(14)18)9-4-3-5-10-17/h6-7,12H,2-5,8-11H2,1H3. The SMILES string of the molecule is CCOc1ccc2c(c1)C1(CCCCC1)CCC2=O. The largest absolute Gasteiger partial charge is 0.494 e. The van der Waals surface area contributed by atoms with Gasteiger partial charge in [-0.25, -0.2) is 0 Å². The fourth-order valence-corrected chi connectivity index (χ4v) is 3.83. The molecule has 2 aliphatic rings. The predicted octanol–water partition coefficient (Wildman–Crippen LogP) is 4.26. The lowest BCUT2D eigenvalue weighted by atomic mass is 9.62. The van der Waals surface area contributed by atoms with Gasteiger partial charge in [-0.1, -0.05) is 19.3 Å². The average Bonchev–Trinajstić information content (AvgIpc) is 2.45. The second kappa shape index (κ2) is 4.99. The summed E-state index contributed by atoms with van der Waals surface area (Å²) in [7, 11) is 0. The highest BCUT2D eigenvalue weighted by Gasteiger charge is 2.40. The molecule has 1 aromatic carbocycles. The smallest absolute Gasteiger partial charge is 0.163 e. The maximum atomic E-state index is 12.1. The summed E-state index contributed by atoms with van der Waals surface area (Å²) < 4.78 is 5.63. The van der Waals surface area contributed by atoms with Gasteiger partial charge >= 0.3 is 0 Å². The van der Waals surface area contributed by atoms with Gasteiger partial charge in [0.05, 0.1) is 6.61 Å². The number of carbonyl (C=O) groups is 1. The van der Waals surface area contributed by atoms with Crippen molar-refractivity contribution in [3.63, 3.8) is 0 Å². The van der Waals surface area contributed by atoms with E-state index in [1.54, 1.807) is 0 Å². The second-order valence-corrected chi connectivity index (χ2v) is 5.90. The third-order valence-electron chi connectivity index (χ3n) is 4.82. The molecule has 1 spiro atoms. The number of hydrogen-bond acceptors (Lipinski definition) is 2. The first kappa shape index (κ1) is 12.7. The van der Waals surface area contributed by atoms with Crippen LogP contribution in [0.4, 0.5) is 0 Å². The van der Waals surface area contributed by atoms with Crippen molar-refractivity contribution in [3.05, 3.63) is 29.3 Å². The number of ether oxygens (including phenoxy) is 1. The van der Waals surface area contributed by atoms with E-state index in [0.717, 1.165) is 24.2 Å². The van der Waals surface area contributed by atoms with Crippen molar-refractivity contribution in [1.29, 1.82) is 0 Å². The van der Waals surface area contributed by atoms with Crippen molar-refractivity contribution in [2.45, 2.75) is 57.3 Å². The molecule has 2 nitrogen and oxygen atoms in total. The van der Waals surface area contributed by atoms with E-state index in [4.69, 9.17) is 4.74 Å². The van der Waals surface area contributed by atoms with E-state index in [1.165, 1.54) is 37.7 Å². The lowest BCUT2D eigenvalue weighted by Crippen LogP contribution is -2.35. The van der Waals surface area contributed by atoms with Crippen LogP contribution in [0.5, 0.6) is 5.75 Å². The van der Waals surface area contributed by atoms with E-state index in [-0.39, 0.29) is 5.41 Å². The van der Waals surface area contributed by atoms with Gasteiger partial charge in [0.1, 0.15) is 5.75 Å². The molecule has 1 saturated carbocycles. The van der Waals surface area contributed by atoms with E-state index in [0.29, 0.717) is 12.4 Å². The third kappa shape index (κ3) is 2.18. The predicted molar refractivity (Wildman–Crippen MR) is 75.9 cm³/mol. The molecule has 0 radical (unpaired) electrons. The minimum atomic E-state index is 0.259. The molecule has 0 saturated heterocycles. The number of hydrogen-bond donors (Lipinski definition) is 0. The maximum Gasteiger partial charge on any atom is 0.163 e. The summed E-state index contributed by atoms with van der Waals surface area (Å²) in [6, 6.07) is 6.07. The molecule has 0 bridgehead atoms. The number of rotatable bonds is 2. The number of benzene rings is 1. The maximum absolute atomic E-state index is 12.1. The Balaban J connectivity index is 2.05. The topological polar surface area (TPSA) is 26.3 Å². The van der Waals surface area contributed by atoms with Crippen molar-refractivity contribution in [1.82, 2.24) is 0 Å². The summed E-state index contributed by atoms with van der Waals surface area (Å²) in [6.45, 7) is 2.68. The minimum Gasteiger partial charge on any atom is -0.494 e. The molecular formula is C17H22O2.